The van der Waals surface area contributed by atoms with Crippen molar-refractivity contribution in [2.24, 2.45) is 11.7 Å². The summed E-state index contributed by atoms with van der Waals surface area (Å²) in [7, 11) is 1.64. The van der Waals surface area contributed by atoms with Crippen molar-refractivity contribution in [3.63, 3.8) is 0 Å². The maximum Gasteiger partial charge on any atom is 0.223 e. The summed E-state index contributed by atoms with van der Waals surface area (Å²) in [6.07, 6.45) is 2.65. The Bertz CT molecular complexity index is 448. The third-order valence-corrected chi connectivity index (χ3v) is 3.80. The van der Waals surface area contributed by atoms with Crippen LogP contribution in [0.3, 0.4) is 0 Å². The van der Waals surface area contributed by atoms with E-state index in [1.165, 1.54) is 0 Å². The molecule has 3 atom stereocenters. The lowest BCUT2D eigenvalue weighted by molar-refractivity contribution is -0.125. The van der Waals surface area contributed by atoms with Crippen molar-refractivity contribution in [1.82, 2.24) is 5.32 Å². The van der Waals surface area contributed by atoms with Crippen molar-refractivity contribution < 1.29 is 9.53 Å². The van der Waals surface area contributed by atoms with Crippen molar-refractivity contribution >= 4 is 5.91 Å². The molecule has 3 N–H and O–H groups in total. The van der Waals surface area contributed by atoms with Crippen LogP contribution in [0.5, 0.6) is 5.75 Å². The van der Waals surface area contributed by atoms with Crippen LogP contribution in [-0.4, -0.2) is 19.1 Å². The lowest BCUT2D eigenvalue weighted by Crippen LogP contribution is -2.32. The van der Waals surface area contributed by atoms with Crippen molar-refractivity contribution in [1.29, 1.82) is 0 Å². The second-order valence-electron chi connectivity index (χ2n) is 5.28. The monoisotopic (exact) mass is 262 g/mol. The molecule has 1 saturated carbocycles. The molecule has 0 aromatic heterocycles. The molecular weight excluding hydrogens is 240 g/mol. The summed E-state index contributed by atoms with van der Waals surface area (Å²) in [5.74, 6) is 0.993. The van der Waals surface area contributed by atoms with Crippen LogP contribution in [0.25, 0.3) is 0 Å². The number of hydrogen-bond acceptors (Lipinski definition) is 3. The molecule has 2 unspecified atom stereocenters. The van der Waals surface area contributed by atoms with Crippen LogP contribution in [0.2, 0.25) is 0 Å². The summed E-state index contributed by atoms with van der Waals surface area (Å²) < 4.78 is 5.19. The number of nitrogens with one attached hydrogen (secondary N) is 1. The normalized spacial score (nSPS) is 23.9. The maximum atomic E-state index is 12.1. The lowest BCUT2D eigenvalue weighted by Gasteiger charge is -2.18. The average Bonchev–Trinajstić information content (AvgIpc) is 2.85. The van der Waals surface area contributed by atoms with E-state index in [2.05, 4.69) is 5.32 Å². The van der Waals surface area contributed by atoms with Gasteiger partial charge in [-0.25, -0.2) is 0 Å². The molecule has 0 heterocycles. The maximum absolute atomic E-state index is 12.1. The molecular formula is C15H22N2O2. The molecule has 0 spiro atoms. The number of nitrogens with two attached hydrogens (primary N) is 1. The number of carbonyl (C=O) groups is 1. The lowest BCUT2D eigenvalue weighted by atomic mass is 10.0. The minimum Gasteiger partial charge on any atom is -0.497 e. The standard InChI is InChI=1S/C15H22N2O2/c1-10(11-4-3-5-14(9-11)19-2)17-15(18)12-6-7-13(16)8-12/h3-5,9-10,12-13H,6-8,16H2,1-2H3,(H,17,18)/t10-,12?,13?/m0/s1. The van der Waals surface area contributed by atoms with E-state index in [9.17, 15) is 4.79 Å². The fourth-order valence-corrected chi connectivity index (χ4v) is 2.58. The summed E-state index contributed by atoms with van der Waals surface area (Å²) >= 11 is 0. The van der Waals surface area contributed by atoms with Crippen molar-refractivity contribution in [2.75, 3.05) is 7.11 Å². The molecule has 4 nitrogen and oxygen atoms in total. The van der Waals surface area contributed by atoms with Gasteiger partial charge in [-0.1, -0.05) is 12.1 Å². The topological polar surface area (TPSA) is 64.3 Å². The molecule has 0 radical (unpaired) electrons. The highest BCUT2D eigenvalue weighted by Crippen LogP contribution is 2.25. The van der Waals surface area contributed by atoms with Crippen molar-refractivity contribution in [2.45, 2.75) is 38.3 Å². The average molecular weight is 262 g/mol. The van der Waals surface area contributed by atoms with Gasteiger partial charge in [0.25, 0.3) is 0 Å². The number of benzene rings is 1. The van der Waals surface area contributed by atoms with Gasteiger partial charge >= 0.3 is 0 Å². The van der Waals surface area contributed by atoms with Gasteiger partial charge in [0.15, 0.2) is 0 Å². The Labute approximate surface area is 114 Å². The summed E-state index contributed by atoms with van der Waals surface area (Å²) in [6, 6.07) is 7.94. The predicted octanol–water partition coefficient (Wildman–Crippen LogP) is 2.00. The minimum atomic E-state index is -0.0144. The van der Waals surface area contributed by atoms with Crippen LogP contribution in [0, 0.1) is 5.92 Å². The molecule has 1 aliphatic carbocycles. The van der Waals surface area contributed by atoms with E-state index in [1.54, 1.807) is 7.11 Å². The zero-order valence-corrected chi connectivity index (χ0v) is 11.6. The van der Waals surface area contributed by atoms with Gasteiger partial charge in [0, 0.05) is 12.0 Å². The number of hydrogen-bond donors (Lipinski definition) is 2. The second kappa shape index (κ2) is 6.06. The summed E-state index contributed by atoms with van der Waals surface area (Å²) in [6.45, 7) is 1.99. The Hall–Kier alpha value is -1.55. The van der Waals surface area contributed by atoms with Gasteiger partial charge in [-0.15, -0.1) is 0 Å². The molecule has 1 fully saturated rings. The number of methoxy groups -OCH3 is 1. The summed E-state index contributed by atoms with van der Waals surface area (Å²) in [5.41, 5.74) is 6.90. The predicted molar refractivity (Wildman–Crippen MR) is 74.9 cm³/mol. The largest absolute Gasteiger partial charge is 0.497 e. The van der Waals surface area contributed by atoms with E-state index in [-0.39, 0.29) is 23.9 Å². The van der Waals surface area contributed by atoms with E-state index in [1.807, 2.05) is 31.2 Å². The van der Waals surface area contributed by atoms with E-state index < -0.39 is 0 Å². The Morgan fingerprint density at radius 1 is 1.47 bits per heavy atom. The van der Waals surface area contributed by atoms with Gasteiger partial charge in [0.1, 0.15) is 5.75 Å². The van der Waals surface area contributed by atoms with Crippen LogP contribution < -0.4 is 15.8 Å². The summed E-state index contributed by atoms with van der Waals surface area (Å²) in [5, 5.41) is 3.06. The highest BCUT2D eigenvalue weighted by atomic mass is 16.5. The molecule has 0 aliphatic heterocycles. The Morgan fingerprint density at radius 3 is 2.89 bits per heavy atom. The first-order valence-electron chi connectivity index (χ1n) is 6.80. The van der Waals surface area contributed by atoms with Crippen LogP contribution in [0.1, 0.15) is 37.8 Å². The molecule has 1 aromatic rings. The first kappa shape index (κ1) is 13.9. The molecule has 19 heavy (non-hydrogen) atoms. The van der Waals surface area contributed by atoms with Crippen LogP contribution in [-0.2, 0) is 4.79 Å². The van der Waals surface area contributed by atoms with Gasteiger partial charge in [-0.3, -0.25) is 4.79 Å². The van der Waals surface area contributed by atoms with Gasteiger partial charge < -0.3 is 15.8 Å². The Balaban J connectivity index is 1.96. The number of rotatable bonds is 4. The number of carbonyl (C=O) groups excluding carboxylic acids is 1. The SMILES string of the molecule is COc1cccc([C@H](C)NC(=O)C2CCC(N)C2)c1. The number of ether oxygens (including phenoxy) is 1. The molecule has 2 rings (SSSR count). The Kier molecular flexibility index (Phi) is 4.43. The van der Waals surface area contributed by atoms with Crippen molar-refractivity contribution in [3.8, 4) is 5.75 Å². The molecule has 4 heteroatoms. The van der Waals surface area contributed by atoms with E-state index in [0.717, 1.165) is 30.6 Å². The van der Waals surface area contributed by atoms with Gasteiger partial charge in [0.2, 0.25) is 5.91 Å². The van der Waals surface area contributed by atoms with Gasteiger partial charge in [0.05, 0.1) is 13.2 Å². The minimum absolute atomic E-state index is 0.0144. The van der Waals surface area contributed by atoms with Gasteiger partial charge in [-0.2, -0.15) is 0 Å². The first-order valence-corrected chi connectivity index (χ1v) is 6.80. The van der Waals surface area contributed by atoms with Crippen molar-refractivity contribution in [3.05, 3.63) is 29.8 Å². The number of amides is 1. The highest BCUT2D eigenvalue weighted by Gasteiger charge is 2.28. The molecule has 1 aliphatic rings. The molecule has 0 bridgehead atoms. The zero-order valence-electron chi connectivity index (χ0n) is 11.6. The van der Waals surface area contributed by atoms with E-state index >= 15 is 0 Å². The van der Waals surface area contributed by atoms with Gasteiger partial charge in [-0.05, 0) is 43.9 Å². The first-order chi connectivity index (χ1) is 9.10. The van der Waals surface area contributed by atoms with Crippen LogP contribution in [0.15, 0.2) is 24.3 Å². The second-order valence-corrected chi connectivity index (χ2v) is 5.28. The Morgan fingerprint density at radius 2 is 2.26 bits per heavy atom. The molecule has 1 aromatic carbocycles. The molecule has 0 saturated heterocycles. The smallest absolute Gasteiger partial charge is 0.223 e. The summed E-state index contributed by atoms with van der Waals surface area (Å²) in [4.78, 5) is 12.1. The third-order valence-electron chi connectivity index (χ3n) is 3.80. The zero-order chi connectivity index (χ0) is 13.8. The fourth-order valence-electron chi connectivity index (χ4n) is 2.58. The van der Waals surface area contributed by atoms with Crippen LogP contribution in [0.4, 0.5) is 0 Å². The van der Waals surface area contributed by atoms with E-state index in [0.29, 0.717) is 0 Å². The fraction of sp³-hybridized carbons (Fsp3) is 0.533. The molecule has 1 amide bonds. The highest BCUT2D eigenvalue weighted by molar-refractivity contribution is 5.79. The van der Waals surface area contributed by atoms with Crippen LogP contribution >= 0.6 is 0 Å². The van der Waals surface area contributed by atoms with E-state index in [4.69, 9.17) is 10.5 Å². The quantitative estimate of drug-likeness (QED) is 0.872. The third kappa shape index (κ3) is 3.47. The molecule has 104 valence electrons.